The Hall–Kier alpha value is -4.51. The maximum absolute atomic E-state index is 13.2. The molecule has 0 spiro atoms. The third kappa shape index (κ3) is 5.64. The van der Waals surface area contributed by atoms with Crippen molar-refractivity contribution in [2.75, 3.05) is 24.4 Å². The van der Waals surface area contributed by atoms with Gasteiger partial charge in [-0.15, -0.1) is 0 Å². The number of ether oxygens (including phenoxy) is 1. The molecule has 2 aromatic carbocycles. The van der Waals surface area contributed by atoms with Gasteiger partial charge in [-0.25, -0.2) is 4.79 Å². The Morgan fingerprint density at radius 2 is 1.85 bits per heavy atom. The molecule has 1 amide bonds. The zero-order valence-corrected chi connectivity index (χ0v) is 18.3. The van der Waals surface area contributed by atoms with Gasteiger partial charge in [0.05, 0.1) is 24.6 Å². The average molecular weight is 465 g/mol. The normalized spacial score (nSPS) is 11.0. The number of carbonyl (C=O) groups excluding carboxylic acids is 1. The van der Waals surface area contributed by atoms with Crippen LogP contribution in [0.3, 0.4) is 0 Å². The molecule has 0 bridgehead atoms. The maximum Gasteiger partial charge on any atom is 0.330 e. The Morgan fingerprint density at radius 3 is 2.47 bits per heavy atom. The van der Waals surface area contributed by atoms with Crippen molar-refractivity contribution >= 4 is 29.2 Å². The van der Waals surface area contributed by atoms with Crippen LogP contribution in [-0.2, 0) is 22.6 Å². The van der Waals surface area contributed by atoms with Crippen LogP contribution in [0.15, 0.2) is 70.3 Å². The van der Waals surface area contributed by atoms with E-state index < -0.39 is 22.1 Å². The fraction of sp³-hybridized carbons (Fsp3) is 0.174. The minimum atomic E-state index is -0.802. The van der Waals surface area contributed by atoms with Crippen molar-refractivity contribution in [3.8, 4) is 0 Å². The molecule has 34 heavy (non-hydrogen) atoms. The van der Waals surface area contributed by atoms with E-state index in [0.29, 0.717) is 5.56 Å². The molecule has 0 aliphatic heterocycles. The highest BCUT2D eigenvalue weighted by atomic mass is 16.6. The molecule has 0 fully saturated rings. The highest BCUT2D eigenvalue weighted by molar-refractivity contribution is 6.05. The zero-order valence-electron chi connectivity index (χ0n) is 18.3. The number of nitrogen functional groups attached to an aromatic ring is 1. The number of carbonyl (C=O) groups is 1. The van der Waals surface area contributed by atoms with E-state index in [9.17, 15) is 24.5 Å². The van der Waals surface area contributed by atoms with Crippen LogP contribution >= 0.6 is 0 Å². The second kappa shape index (κ2) is 10.9. The van der Waals surface area contributed by atoms with E-state index in [1.807, 2.05) is 6.07 Å². The third-order valence-electron chi connectivity index (χ3n) is 4.97. The van der Waals surface area contributed by atoms with Crippen LogP contribution in [0.2, 0.25) is 0 Å². The summed E-state index contributed by atoms with van der Waals surface area (Å²) >= 11 is 0. The van der Waals surface area contributed by atoms with Crippen LogP contribution in [0.4, 0.5) is 17.2 Å². The number of non-ortho nitro benzene ring substituents is 1. The molecule has 3 rings (SSSR count). The van der Waals surface area contributed by atoms with Gasteiger partial charge in [-0.1, -0.05) is 30.3 Å². The number of hydrogen-bond donors (Lipinski definition) is 2. The van der Waals surface area contributed by atoms with Gasteiger partial charge in [0.2, 0.25) is 0 Å². The number of nitro benzene ring substituents is 1. The van der Waals surface area contributed by atoms with E-state index in [1.54, 1.807) is 24.3 Å². The van der Waals surface area contributed by atoms with Gasteiger partial charge in [-0.3, -0.25) is 34.2 Å². The van der Waals surface area contributed by atoms with E-state index >= 15 is 0 Å². The van der Waals surface area contributed by atoms with Crippen LogP contribution in [0, 0.1) is 10.1 Å². The van der Waals surface area contributed by atoms with Crippen LogP contribution in [0.25, 0.3) is 6.08 Å². The van der Waals surface area contributed by atoms with Gasteiger partial charge in [-0.2, -0.15) is 0 Å². The first kappa shape index (κ1) is 24.1. The first-order chi connectivity index (χ1) is 16.3. The molecule has 0 saturated heterocycles. The number of aromatic amines is 1. The lowest BCUT2D eigenvalue weighted by Crippen LogP contribution is -2.40. The van der Waals surface area contributed by atoms with E-state index in [0.717, 1.165) is 10.1 Å². The van der Waals surface area contributed by atoms with E-state index in [-0.39, 0.29) is 36.9 Å². The number of aromatic nitrogens is 2. The first-order valence-corrected chi connectivity index (χ1v) is 10.2. The van der Waals surface area contributed by atoms with Gasteiger partial charge in [0.25, 0.3) is 17.2 Å². The summed E-state index contributed by atoms with van der Waals surface area (Å²) in [6.07, 6.45) is 2.70. The number of methoxy groups -OCH3 is 1. The number of amides is 1. The number of nitro groups is 1. The number of anilines is 2. The van der Waals surface area contributed by atoms with E-state index in [4.69, 9.17) is 10.5 Å². The molecule has 0 saturated carbocycles. The van der Waals surface area contributed by atoms with Crippen molar-refractivity contribution in [1.29, 1.82) is 0 Å². The van der Waals surface area contributed by atoms with Crippen LogP contribution < -0.4 is 21.9 Å². The predicted molar refractivity (Wildman–Crippen MR) is 127 cm³/mol. The second-order valence-electron chi connectivity index (χ2n) is 7.23. The number of nitrogens with two attached hydrogens (primary N) is 1. The molecule has 0 unspecified atom stereocenters. The smallest absolute Gasteiger partial charge is 0.330 e. The second-order valence-corrected chi connectivity index (χ2v) is 7.23. The third-order valence-corrected chi connectivity index (χ3v) is 4.97. The minimum Gasteiger partial charge on any atom is -0.383 e. The Morgan fingerprint density at radius 1 is 1.18 bits per heavy atom. The predicted octanol–water partition coefficient (Wildman–Crippen LogP) is 1.92. The van der Waals surface area contributed by atoms with Gasteiger partial charge in [-0.05, 0) is 29.3 Å². The number of nitrogens with one attached hydrogen (secondary N) is 1. The van der Waals surface area contributed by atoms with Gasteiger partial charge >= 0.3 is 5.69 Å². The Balaban J connectivity index is 2.02. The summed E-state index contributed by atoms with van der Waals surface area (Å²) in [7, 11) is 1.46. The fourth-order valence-corrected chi connectivity index (χ4v) is 3.24. The molecular formula is C23H23N5O6. The Kier molecular flexibility index (Phi) is 7.72. The summed E-state index contributed by atoms with van der Waals surface area (Å²) in [5, 5.41) is 10.8. The molecule has 0 aliphatic carbocycles. The van der Waals surface area contributed by atoms with Crippen molar-refractivity contribution in [3.63, 3.8) is 0 Å². The summed E-state index contributed by atoms with van der Waals surface area (Å²) in [5.41, 5.74) is 5.69. The van der Waals surface area contributed by atoms with E-state index in [1.165, 1.54) is 48.4 Å². The van der Waals surface area contributed by atoms with Crippen molar-refractivity contribution in [1.82, 2.24) is 9.55 Å². The summed E-state index contributed by atoms with van der Waals surface area (Å²) in [6.45, 7) is 0.263. The average Bonchev–Trinajstić information content (AvgIpc) is 2.82. The van der Waals surface area contributed by atoms with E-state index in [2.05, 4.69) is 4.98 Å². The molecule has 1 heterocycles. The molecule has 3 N–H and O–H groups in total. The van der Waals surface area contributed by atoms with Gasteiger partial charge < -0.3 is 10.5 Å². The van der Waals surface area contributed by atoms with Crippen molar-refractivity contribution in [2.24, 2.45) is 0 Å². The topological polar surface area (TPSA) is 154 Å². The van der Waals surface area contributed by atoms with Crippen molar-refractivity contribution in [2.45, 2.75) is 13.1 Å². The lowest BCUT2D eigenvalue weighted by atomic mass is 10.1. The van der Waals surface area contributed by atoms with Gasteiger partial charge in [0, 0.05) is 25.3 Å². The number of H-pyrrole nitrogens is 1. The molecule has 176 valence electrons. The molecule has 0 radical (unpaired) electrons. The highest BCUT2D eigenvalue weighted by Crippen LogP contribution is 2.21. The molecule has 3 aromatic rings. The molecule has 0 aliphatic rings. The number of rotatable bonds is 9. The monoisotopic (exact) mass is 465 g/mol. The van der Waals surface area contributed by atoms with Gasteiger partial charge in [0.1, 0.15) is 5.82 Å². The molecule has 0 atom stereocenters. The fourth-order valence-electron chi connectivity index (χ4n) is 3.24. The summed E-state index contributed by atoms with van der Waals surface area (Å²) in [4.78, 5) is 51.9. The number of benzene rings is 2. The minimum absolute atomic E-state index is 0.0139. The highest BCUT2D eigenvalue weighted by Gasteiger charge is 2.23. The SMILES string of the molecule is COCCn1c(N)c(N(Cc2ccccc2)C(=O)/C=C/c2ccc([N+](=O)[O-])cc2)c(=O)[nH]c1=O. The lowest BCUT2D eigenvalue weighted by Gasteiger charge is -2.23. The van der Waals surface area contributed by atoms with Crippen LogP contribution in [0.5, 0.6) is 0 Å². The first-order valence-electron chi connectivity index (χ1n) is 10.2. The lowest BCUT2D eigenvalue weighted by molar-refractivity contribution is -0.384. The Labute approximate surface area is 193 Å². The molecule has 11 nitrogen and oxygen atoms in total. The molecule has 1 aromatic heterocycles. The van der Waals surface area contributed by atoms with Crippen molar-refractivity contribution < 1.29 is 14.5 Å². The maximum atomic E-state index is 13.2. The number of nitrogens with zero attached hydrogens (tertiary/aromatic N) is 3. The largest absolute Gasteiger partial charge is 0.383 e. The standard InChI is InChI=1S/C23H23N5O6/c1-34-14-13-26-21(24)20(22(30)25-23(26)31)27(15-17-5-3-2-4-6-17)19(29)12-9-16-7-10-18(11-8-16)28(32)33/h2-12H,13-15,24H2,1H3,(H,25,30,31)/b12-9+. The summed E-state index contributed by atoms with van der Waals surface area (Å²) in [6, 6.07) is 14.6. The summed E-state index contributed by atoms with van der Waals surface area (Å²) in [5.74, 6) is -0.741. The molecular weight excluding hydrogens is 442 g/mol. The molecule has 11 heteroatoms. The van der Waals surface area contributed by atoms with Crippen molar-refractivity contribution in [3.05, 3.63) is 103 Å². The van der Waals surface area contributed by atoms with Gasteiger partial charge in [0.15, 0.2) is 5.69 Å². The zero-order chi connectivity index (χ0) is 24.7. The number of hydrogen-bond acceptors (Lipinski definition) is 7. The van der Waals surface area contributed by atoms with Crippen LogP contribution in [0.1, 0.15) is 11.1 Å². The summed E-state index contributed by atoms with van der Waals surface area (Å²) < 4.78 is 6.13. The van der Waals surface area contributed by atoms with Crippen LogP contribution in [-0.4, -0.2) is 34.1 Å². The quantitative estimate of drug-likeness (QED) is 0.278. The Bertz CT molecular complexity index is 1310.